The second-order valence-corrected chi connectivity index (χ2v) is 4.40. The van der Waals surface area contributed by atoms with Gasteiger partial charge < -0.3 is 10.1 Å². The number of amides is 1. The number of esters is 1. The van der Waals surface area contributed by atoms with Crippen molar-refractivity contribution in [1.82, 2.24) is 10.3 Å². The van der Waals surface area contributed by atoms with Gasteiger partial charge in [0.2, 0.25) is 0 Å². The largest absolute Gasteiger partial charge is 0.452 e. The average molecular weight is 284 g/mol. The van der Waals surface area contributed by atoms with Crippen LogP contribution in [0.2, 0.25) is 0 Å². The Bertz CT molecular complexity index is 585. The standard InChI is InChI=1S/C16H16N2O3/c19-15(18-10-8-13-5-2-1-3-6-13)12-21-16(20)14-7-4-9-17-11-14/h1-7,9,11H,8,10,12H2,(H,18,19). The summed E-state index contributed by atoms with van der Waals surface area (Å²) >= 11 is 0. The highest BCUT2D eigenvalue weighted by Crippen LogP contribution is 1.99. The first-order chi connectivity index (χ1) is 10.3. The van der Waals surface area contributed by atoms with Crippen LogP contribution in [0.3, 0.4) is 0 Å². The van der Waals surface area contributed by atoms with Gasteiger partial charge in [-0.1, -0.05) is 30.3 Å². The molecule has 108 valence electrons. The van der Waals surface area contributed by atoms with Crippen molar-refractivity contribution >= 4 is 11.9 Å². The predicted octanol–water partition coefficient (Wildman–Crippen LogP) is 1.60. The molecule has 1 N–H and O–H groups in total. The van der Waals surface area contributed by atoms with Gasteiger partial charge in [0.1, 0.15) is 0 Å². The Labute approximate surface area is 123 Å². The number of hydrogen-bond acceptors (Lipinski definition) is 4. The van der Waals surface area contributed by atoms with Gasteiger partial charge in [-0.25, -0.2) is 4.79 Å². The fourth-order valence-electron chi connectivity index (χ4n) is 1.74. The molecule has 2 aromatic rings. The zero-order valence-corrected chi connectivity index (χ0v) is 11.5. The maximum absolute atomic E-state index is 11.6. The first-order valence-corrected chi connectivity index (χ1v) is 6.63. The molecule has 0 saturated carbocycles. The second-order valence-electron chi connectivity index (χ2n) is 4.40. The molecule has 5 nitrogen and oxygen atoms in total. The molecule has 1 aromatic carbocycles. The smallest absolute Gasteiger partial charge is 0.340 e. The van der Waals surface area contributed by atoms with E-state index in [9.17, 15) is 9.59 Å². The van der Waals surface area contributed by atoms with Gasteiger partial charge in [0, 0.05) is 18.9 Å². The number of carbonyl (C=O) groups is 2. The highest BCUT2D eigenvalue weighted by atomic mass is 16.5. The summed E-state index contributed by atoms with van der Waals surface area (Å²) < 4.78 is 4.90. The lowest BCUT2D eigenvalue weighted by Crippen LogP contribution is -2.30. The minimum absolute atomic E-state index is 0.289. The Balaban J connectivity index is 1.67. The Hall–Kier alpha value is -2.69. The number of nitrogens with one attached hydrogen (secondary N) is 1. The van der Waals surface area contributed by atoms with E-state index in [0.29, 0.717) is 12.1 Å². The normalized spacial score (nSPS) is 9.90. The van der Waals surface area contributed by atoms with Gasteiger partial charge >= 0.3 is 5.97 Å². The van der Waals surface area contributed by atoms with Crippen molar-refractivity contribution in [3.8, 4) is 0 Å². The van der Waals surface area contributed by atoms with E-state index in [1.54, 1.807) is 18.3 Å². The summed E-state index contributed by atoms with van der Waals surface area (Å²) in [6.07, 6.45) is 3.70. The lowest BCUT2D eigenvalue weighted by Gasteiger charge is -2.06. The van der Waals surface area contributed by atoms with Crippen molar-refractivity contribution in [2.75, 3.05) is 13.2 Å². The maximum atomic E-state index is 11.6. The molecule has 0 bridgehead atoms. The van der Waals surface area contributed by atoms with E-state index in [1.807, 2.05) is 30.3 Å². The SMILES string of the molecule is O=C(COC(=O)c1cccnc1)NCCc1ccccc1. The van der Waals surface area contributed by atoms with E-state index < -0.39 is 5.97 Å². The molecular formula is C16H16N2O3. The second kappa shape index (κ2) is 7.79. The van der Waals surface area contributed by atoms with Gasteiger partial charge in [0.15, 0.2) is 6.61 Å². The molecule has 0 aliphatic heterocycles. The molecule has 2 rings (SSSR count). The van der Waals surface area contributed by atoms with Gasteiger partial charge in [0.05, 0.1) is 5.56 Å². The fourth-order valence-corrected chi connectivity index (χ4v) is 1.74. The first-order valence-electron chi connectivity index (χ1n) is 6.63. The summed E-state index contributed by atoms with van der Waals surface area (Å²) in [6, 6.07) is 13.1. The third kappa shape index (κ3) is 5.06. The molecule has 0 fully saturated rings. The molecule has 0 saturated heterocycles. The van der Waals surface area contributed by atoms with E-state index in [4.69, 9.17) is 4.74 Å². The van der Waals surface area contributed by atoms with Crippen LogP contribution in [-0.4, -0.2) is 30.0 Å². The lowest BCUT2D eigenvalue weighted by molar-refractivity contribution is -0.124. The number of benzene rings is 1. The molecule has 0 atom stereocenters. The predicted molar refractivity (Wildman–Crippen MR) is 77.7 cm³/mol. The van der Waals surface area contributed by atoms with Crippen LogP contribution in [0.4, 0.5) is 0 Å². The van der Waals surface area contributed by atoms with Crippen molar-refractivity contribution in [2.24, 2.45) is 0 Å². The maximum Gasteiger partial charge on any atom is 0.340 e. The number of rotatable bonds is 6. The Morgan fingerprint density at radius 1 is 1.10 bits per heavy atom. The number of aromatic nitrogens is 1. The zero-order valence-electron chi connectivity index (χ0n) is 11.5. The van der Waals surface area contributed by atoms with Crippen LogP contribution in [-0.2, 0) is 16.0 Å². The van der Waals surface area contributed by atoms with E-state index in [0.717, 1.165) is 12.0 Å². The third-order valence-electron chi connectivity index (χ3n) is 2.81. The summed E-state index contributed by atoms with van der Waals surface area (Å²) in [5, 5.41) is 2.71. The monoisotopic (exact) mass is 284 g/mol. The van der Waals surface area contributed by atoms with Crippen LogP contribution >= 0.6 is 0 Å². The number of hydrogen-bond donors (Lipinski definition) is 1. The first kappa shape index (κ1) is 14.7. The van der Waals surface area contributed by atoms with Gasteiger partial charge in [-0.2, -0.15) is 0 Å². The molecule has 1 aromatic heterocycles. The molecule has 1 amide bonds. The highest BCUT2D eigenvalue weighted by molar-refractivity contribution is 5.90. The summed E-state index contributed by atoms with van der Waals surface area (Å²) in [5.41, 5.74) is 1.47. The van der Waals surface area contributed by atoms with Crippen molar-refractivity contribution in [3.05, 3.63) is 66.0 Å². The van der Waals surface area contributed by atoms with Crippen LogP contribution in [0.25, 0.3) is 0 Å². The van der Waals surface area contributed by atoms with Crippen LogP contribution in [0.15, 0.2) is 54.9 Å². The Morgan fingerprint density at radius 3 is 2.62 bits per heavy atom. The minimum atomic E-state index is -0.554. The fraction of sp³-hybridized carbons (Fsp3) is 0.188. The van der Waals surface area contributed by atoms with E-state index >= 15 is 0 Å². The topological polar surface area (TPSA) is 68.3 Å². The van der Waals surface area contributed by atoms with Crippen LogP contribution < -0.4 is 5.32 Å². The molecule has 1 heterocycles. The van der Waals surface area contributed by atoms with Crippen molar-refractivity contribution in [2.45, 2.75) is 6.42 Å². The number of ether oxygens (including phenoxy) is 1. The molecule has 0 unspecified atom stereocenters. The lowest BCUT2D eigenvalue weighted by atomic mass is 10.1. The number of carbonyl (C=O) groups excluding carboxylic acids is 2. The Kier molecular flexibility index (Phi) is 5.46. The third-order valence-corrected chi connectivity index (χ3v) is 2.81. The van der Waals surface area contributed by atoms with Gasteiger partial charge in [-0.05, 0) is 24.1 Å². The van der Waals surface area contributed by atoms with Crippen molar-refractivity contribution < 1.29 is 14.3 Å². The number of nitrogens with zero attached hydrogens (tertiary/aromatic N) is 1. The van der Waals surface area contributed by atoms with E-state index in [2.05, 4.69) is 10.3 Å². The molecule has 0 aliphatic carbocycles. The summed E-state index contributed by atoms with van der Waals surface area (Å²) in [7, 11) is 0. The van der Waals surface area contributed by atoms with E-state index in [1.165, 1.54) is 6.20 Å². The minimum Gasteiger partial charge on any atom is -0.452 e. The highest BCUT2D eigenvalue weighted by Gasteiger charge is 2.09. The zero-order chi connectivity index (χ0) is 14.9. The molecular weight excluding hydrogens is 268 g/mol. The Morgan fingerprint density at radius 2 is 1.90 bits per heavy atom. The quantitative estimate of drug-likeness (QED) is 0.818. The summed E-state index contributed by atoms with van der Waals surface area (Å²) in [4.78, 5) is 27.0. The average Bonchev–Trinajstić information content (AvgIpc) is 2.54. The van der Waals surface area contributed by atoms with E-state index in [-0.39, 0.29) is 12.5 Å². The molecule has 0 radical (unpaired) electrons. The van der Waals surface area contributed by atoms with Crippen LogP contribution in [0.5, 0.6) is 0 Å². The van der Waals surface area contributed by atoms with Gasteiger partial charge in [-0.3, -0.25) is 9.78 Å². The molecule has 5 heteroatoms. The molecule has 21 heavy (non-hydrogen) atoms. The van der Waals surface area contributed by atoms with Crippen molar-refractivity contribution in [3.63, 3.8) is 0 Å². The molecule has 0 spiro atoms. The van der Waals surface area contributed by atoms with Gasteiger partial charge in [0.25, 0.3) is 5.91 Å². The van der Waals surface area contributed by atoms with Crippen LogP contribution in [0.1, 0.15) is 15.9 Å². The van der Waals surface area contributed by atoms with Crippen molar-refractivity contribution in [1.29, 1.82) is 0 Å². The number of pyridine rings is 1. The van der Waals surface area contributed by atoms with Gasteiger partial charge in [-0.15, -0.1) is 0 Å². The molecule has 0 aliphatic rings. The summed E-state index contributed by atoms with van der Waals surface area (Å²) in [5.74, 6) is -0.871. The summed E-state index contributed by atoms with van der Waals surface area (Å²) in [6.45, 7) is 0.218. The van der Waals surface area contributed by atoms with Crippen LogP contribution in [0, 0.1) is 0 Å².